The van der Waals surface area contributed by atoms with Gasteiger partial charge in [0.2, 0.25) is 0 Å². The van der Waals surface area contributed by atoms with E-state index in [9.17, 15) is 0 Å². The second kappa shape index (κ2) is 6.45. The van der Waals surface area contributed by atoms with Crippen LogP contribution in [0.4, 0.5) is 0 Å². The molecule has 0 unspecified atom stereocenters. The highest BCUT2D eigenvalue weighted by molar-refractivity contribution is 6.30. The molecule has 0 radical (unpaired) electrons. The highest BCUT2D eigenvalue weighted by Crippen LogP contribution is 2.23. The van der Waals surface area contributed by atoms with E-state index in [1.54, 1.807) is 12.4 Å². The molecule has 0 saturated heterocycles. The van der Waals surface area contributed by atoms with E-state index in [0.29, 0.717) is 0 Å². The Kier molecular flexibility index (Phi) is 4.01. The van der Waals surface area contributed by atoms with E-state index in [-0.39, 0.29) is 0 Å². The van der Waals surface area contributed by atoms with Crippen molar-refractivity contribution in [3.8, 4) is 5.69 Å². The van der Waals surface area contributed by atoms with E-state index in [1.807, 2.05) is 49.1 Å². The molecule has 0 bridgehead atoms. The minimum absolute atomic E-state index is 0.725. The first kappa shape index (κ1) is 14.9. The van der Waals surface area contributed by atoms with Crippen LogP contribution in [0.15, 0.2) is 61.4 Å². The Hall–Kier alpha value is -2.66. The molecule has 0 amide bonds. The molecule has 3 aromatic heterocycles. The molecule has 0 spiro atoms. The van der Waals surface area contributed by atoms with Crippen LogP contribution in [-0.2, 0) is 13.0 Å². The Labute approximate surface area is 144 Å². The van der Waals surface area contributed by atoms with E-state index < -0.39 is 0 Å². The van der Waals surface area contributed by atoms with E-state index in [1.165, 1.54) is 0 Å². The van der Waals surface area contributed by atoms with Crippen molar-refractivity contribution >= 4 is 22.6 Å². The van der Waals surface area contributed by atoms with Crippen molar-refractivity contribution in [3.63, 3.8) is 0 Å². The fraction of sp³-hybridized carbons (Fsp3) is 0.167. The van der Waals surface area contributed by atoms with Crippen molar-refractivity contribution in [1.29, 1.82) is 0 Å². The van der Waals surface area contributed by atoms with Crippen LogP contribution in [0.3, 0.4) is 0 Å². The summed E-state index contributed by atoms with van der Waals surface area (Å²) < 4.78 is 4.24. The van der Waals surface area contributed by atoms with Crippen LogP contribution in [0.2, 0.25) is 5.02 Å². The monoisotopic (exact) mass is 337 g/mol. The Morgan fingerprint density at radius 3 is 2.67 bits per heavy atom. The van der Waals surface area contributed by atoms with Gasteiger partial charge in [-0.05, 0) is 36.8 Å². The number of pyridine rings is 1. The quantitative estimate of drug-likeness (QED) is 0.555. The van der Waals surface area contributed by atoms with Crippen molar-refractivity contribution in [3.05, 3.63) is 72.3 Å². The maximum absolute atomic E-state index is 6.03. The van der Waals surface area contributed by atoms with Gasteiger partial charge >= 0.3 is 0 Å². The van der Waals surface area contributed by atoms with Crippen molar-refractivity contribution < 1.29 is 0 Å². The van der Waals surface area contributed by atoms with E-state index in [0.717, 1.165) is 47.0 Å². The number of rotatable bonds is 5. The number of halogens is 1. The second-order valence-corrected chi connectivity index (χ2v) is 6.04. The third kappa shape index (κ3) is 2.90. The van der Waals surface area contributed by atoms with Crippen molar-refractivity contribution in [2.75, 3.05) is 0 Å². The lowest BCUT2D eigenvalue weighted by molar-refractivity contribution is 0.626. The number of aryl methyl sites for hydroxylation is 2. The molecular weight excluding hydrogens is 322 g/mol. The molecule has 0 aliphatic rings. The smallest absolute Gasteiger partial charge is 0.114 e. The summed E-state index contributed by atoms with van der Waals surface area (Å²) in [5.74, 6) is 1.03. The molecule has 0 aliphatic heterocycles. The zero-order valence-corrected chi connectivity index (χ0v) is 13.8. The fourth-order valence-electron chi connectivity index (χ4n) is 2.86. The van der Waals surface area contributed by atoms with Gasteiger partial charge in [-0.3, -0.25) is 9.55 Å². The third-order valence-electron chi connectivity index (χ3n) is 3.99. The van der Waals surface area contributed by atoms with E-state index >= 15 is 0 Å². The number of hydrogen-bond acceptors (Lipinski definition) is 3. The summed E-state index contributed by atoms with van der Waals surface area (Å²) in [5, 5.41) is 0.725. The maximum Gasteiger partial charge on any atom is 0.114 e. The molecule has 6 heteroatoms. The van der Waals surface area contributed by atoms with Gasteiger partial charge in [-0.2, -0.15) is 0 Å². The first-order valence-electron chi connectivity index (χ1n) is 7.84. The molecule has 3 heterocycles. The number of imidazole rings is 2. The molecule has 0 aliphatic carbocycles. The summed E-state index contributed by atoms with van der Waals surface area (Å²) in [4.78, 5) is 13.1. The molecule has 5 nitrogen and oxygen atoms in total. The summed E-state index contributed by atoms with van der Waals surface area (Å²) in [6, 6.07) is 9.76. The predicted octanol–water partition coefficient (Wildman–Crippen LogP) is 3.90. The van der Waals surface area contributed by atoms with Gasteiger partial charge in [0.1, 0.15) is 5.82 Å². The molecule has 0 saturated carbocycles. The van der Waals surface area contributed by atoms with Gasteiger partial charge in [0, 0.05) is 42.3 Å². The van der Waals surface area contributed by atoms with Gasteiger partial charge in [0.05, 0.1) is 23.6 Å². The lowest BCUT2D eigenvalue weighted by atomic mass is 10.2. The second-order valence-electron chi connectivity index (χ2n) is 5.61. The molecule has 4 aromatic rings. The van der Waals surface area contributed by atoms with Gasteiger partial charge in [-0.1, -0.05) is 11.6 Å². The summed E-state index contributed by atoms with van der Waals surface area (Å²) in [6.07, 6.45) is 11.1. The van der Waals surface area contributed by atoms with Crippen LogP contribution in [0.5, 0.6) is 0 Å². The SMILES string of the molecule is Clc1ccc(-n2c(CCCn3ccnc3)nc3ccncc32)cc1. The lowest BCUT2D eigenvalue weighted by Crippen LogP contribution is -2.04. The van der Waals surface area contributed by atoms with Crippen LogP contribution >= 0.6 is 11.6 Å². The van der Waals surface area contributed by atoms with Crippen molar-refractivity contribution in [2.45, 2.75) is 19.4 Å². The molecule has 1 aromatic carbocycles. The van der Waals surface area contributed by atoms with E-state index in [2.05, 4.69) is 19.1 Å². The predicted molar refractivity (Wildman–Crippen MR) is 94.4 cm³/mol. The van der Waals surface area contributed by atoms with Gasteiger partial charge in [-0.15, -0.1) is 0 Å². The number of fused-ring (bicyclic) bond motifs is 1. The number of nitrogens with zero attached hydrogens (tertiary/aromatic N) is 5. The van der Waals surface area contributed by atoms with Gasteiger partial charge in [0.25, 0.3) is 0 Å². The summed E-state index contributed by atoms with van der Waals surface area (Å²) >= 11 is 6.03. The number of hydrogen-bond donors (Lipinski definition) is 0. The normalized spacial score (nSPS) is 11.2. The molecule has 24 heavy (non-hydrogen) atoms. The van der Waals surface area contributed by atoms with Crippen LogP contribution < -0.4 is 0 Å². The lowest BCUT2D eigenvalue weighted by Gasteiger charge is -2.09. The summed E-state index contributed by atoms with van der Waals surface area (Å²) in [5.41, 5.74) is 3.02. The van der Waals surface area contributed by atoms with Crippen LogP contribution in [0, 0.1) is 0 Å². The Balaban J connectivity index is 1.68. The largest absolute Gasteiger partial charge is 0.337 e. The molecule has 0 fully saturated rings. The maximum atomic E-state index is 6.03. The van der Waals surface area contributed by atoms with Crippen LogP contribution in [0.1, 0.15) is 12.2 Å². The number of aromatic nitrogens is 5. The highest BCUT2D eigenvalue weighted by atomic mass is 35.5. The van der Waals surface area contributed by atoms with Crippen LogP contribution in [0.25, 0.3) is 16.7 Å². The first-order valence-corrected chi connectivity index (χ1v) is 8.22. The summed E-state index contributed by atoms with van der Waals surface area (Å²) in [6.45, 7) is 0.919. The van der Waals surface area contributed by atoms with Crippen LogP contribution in [-0.4, -0.2) is 24.1 Å². The topological polar surface area (TPSA) is 48.5 Å². The standard InChI is InChI=1S/C18H16ClN5/c19-14-3-5-15(6-4-14)24-17-12-20-8-7-16(17)22-18(24)2-1-10-23-11-9-21-13-23/h3-9,11-13H,1-2,10H2. The van der Waals surface area contributed by atoms with Gasteiger partial charge in [0.15, 0.2) is 0 Å². The zero-order valence-electron chi connectivity index (χ0n) is 13.0. The van der Waals surface area contributed by atoms with Crippen molar-refractivity contribution in [1.82, 2.24) is 24.1 Å². The average Bonchev–Trinajstić information content (AvgIpc) is 3.23. The van der Waals surface area contributed by atoms with Gasteiger partial charge < -0.3 is 4.57 Å². The first-order chi connectivity index (χ1) is 11.8. The van der Waals surface area contributed by atoms with Crippen molar-refractivity contribution in [2.24, 2.45) is 0 Å². The molecule has 4 rings (SSSR count). The average molecular weight is 338 g/mol. The van der Waals surface area contributed by atoms with E-state index in [4.69, 9.17) is 16.6 Å². The van der Waals surface area contributed by atoms with Gasteiger partial charge in [-0.25, -0.2) is 9.97 Å². The third-order valence-corrected chi connectivity index (χ3v) is 4.24. The Bertz CT molecular complexity index is 941. The minimum Gasteiger partial charge on any atom is -0.337 e. The zero-order chi connectivity index (χ0) is 16.4. The molecule has 0 N–H and O–H groups in total. The molecular formula is C18H16ClN5. The summed E-state index contributed by atoms with van der Waals surface area (Å²) in [7, 11) is 0. The fourth-order valence-corrected chi connectivity index (χ4v) is 2.98. The Morgan fingerprint density at radius 2 is 1.88 bits per heavy atom. The minimum atomic E-state index is 0.725. The number of benzene rings is 1. The molecule has 0 atom stereocenters. The highest BCUT2D eigenvalue weighted by Gasteiger charge is 2.12. The Morgan fingerprint density at radius 1 is 1.00 bits per heavy atom. The molecule has 120 valence electrons.